The Labute approximate surface area is 171 Å². The fourth-order valence-electron chi connectivity index (χ4n) is 8.68. The molecule has 0 radical (unpaired) electrons. The quantitative estimate of drug-likeness (QED) is 0.537. The molecule has 5 rings (SSSR count). The van der Waals surface area contributed by atoms with Crippen molar-refractivity contribution >= 4 is 0 Å². The van der Waals surface area contributed by atoms with Crippen molar-refractivity contribution in [1.82, 2.24) is 0 Å². The number of fused-ring (bicyclic) bond motifs is 8. The normalized spacial score (nSPS) is 56.1. The van der Waals surface area contributed by atoms with Gasteiger partial charge in [0.05, 0.1) is 18.3 Å². The molecule has 3 nitrogen and oxygen atoms in total. The smallest absolute Gasteiger partial charge is 0.163 e. The average Bonchev–Trinajstić information content (AvgIpc) is 3.16. The molecule has 5 fully saturated rings. The molecule has 0 amide bonds. The van der Waals surface area contributed by atoms with Crippen LogP contribution in [0.1, 0.15) is 79.6 Å². The molecule has 4 saturated carbocycles. The number of methoxy groups -OCH3 is 1. The predicted octanol–water partition coefficient (Wildman–Crippen LogP) is 5.73. The van der Waals surface area contributed by atoms with E-state index in [9.17, 15) is 0 Å². The van der Waals surface area contributed by atoms with Crippen LogP contribution in [0, 0.1) is 34.5 Å². The molecule has 9 atom stereocenters. The third kappa shape index (κ3) is 2.51. The van der Waals surface area contributed by atoms with E-state index in [0.29, 0.717) is 28.8 Å². The fraction of sp³-hybridized carbons (Fsp3) is 0.920. The Morgan fingerprint density at radius 1 is 0.929 bits per heavy atom. The molecule has 0 aromatic carbocycles. The molecule has 0 aromatic rings. The van der Waals surface area contributed by atoms with Gasteiger partial charge in [0.15, 0.2) is 5.79 Å². The number of allylic oxidation sites excluding steroid dienone is 2. The van der Waals surface area contributed by atoms with Crippen LogP contribution in [-0.4, -0.2) is 31.2 Å². The van der Waals surface area contributed by atoms with Gasteiger partial charge in [-0.25, -0.2) is 0 Å². The minimum Gasteiger partial charge on any atom is -0.381 e. The third-order valence-corrected chi connectivity index (χ3v) is 10.0. The molecule has 1 aliphatic heterocycles. The molecule has 4 unspecified atom stereocenters. The summed E-state index contributed by atoms with van der Waals surface area (Å²) < 4.78 is 19.2. The summed E-state index contributed by atoms with van der Waals surface area (Å²) in [5, 5.41) is 0. The van der Waals surface area contributed by atoms with Gasteiger partial charge in [-0.2, -0.15) is 0 Å². The van der Waals surface area contributed by atoms with Crippen LogP contribution in [0.25, 0.3) is 0 Å². The summed E-state index contributed by atoms with van der Waals surface area (Å²) in [6.07, 6.45) is 12.3. The van der Waals surface area contributed by atoms with Crippen molar-refractivity contribution in [3.05, 3.63) is 11.6 Å². The molecule has 158 valence electrons. The molecule has 0 bridgehead atoms. The first-order valence-corrected chi connectivity index (χ1v) is 11.8. The Morgan fingerprint density at radius 2 is 1.68 bits per heavy atom. The Morgan fingerprint density at radius 3 is 2.39 bits per heavy atom. The standard InChI is InChI=1S/C25H40O3/c1-7-15-8-9-17-20-18(11-13-24(15,17)4)25(5)12-10-16(26-6)14-19(25)21-22(20)28-23(2,3)27-21/h7,16-22H,8-14H2,1-6H3/b15-7-/t16-,17?,18?,19?,20?,21+,22+,24+,25+/m0/s1. The van der Waals surface area contributed by atoms with Crippen LogP contribution in [0.4, 0.5) is 0 Å². The van der Waals surface area contributed by atoms with E-state index in [1.54, 1.807) is 5.57 Å². The van der Waals surface area contributed by atoms with Crippen molar-refractivity contribution in [2.75, 3.05) is 7.11 Å². The summed E-state index contributed by atoms with van der Waals surface area (Å²) in [7, 11) is 1.88. The van der Waals surface area contributed by atoms with Gasteiger partial charge in [0.1, 0.15) is 0 Å². The van der Waals surface area contributed by atoms with Gasteiger partial charge in [-0.15, -0.1) is 0 Å². The molecule has 4 aliphatic carbocycles. The van der Waals surface area contributed by atoms with E-state index in [1.165, 1.54) is 38.5 Å². The van der Waals surface area contributed by atoms with E-state index in [2.05, 4.69) is 40.7 Å². The molecule has 0 spiro atoms. The van der Waals surface area contributed by atoms with Crippen LogP contribution in [0.15, 0.2) is 11.6 Å². The third-order valence-electron chi connectivity index (χ3n) is 10.0. The highest BCUT2D eigenvalue weighted by atomic mass is 16.8. The first-order chi connectivity index (χ1) is 13.2. The first-order valence-electron chi connectivity index (χ1n) is 11.8. The zero-order valence-electron chi connectivity index (χ0n) is 18.8. The molecule has 0 aromatic heterocycles. The summed E-state index contributed by atoms with van der Waals surface area (Å²) >= 11 is 0. The summed E-state index contributed by atoms with van der Waals surface area (Å²) in [5.74, 6) is 2.26. The van der Waals surface area contributed by atoms with Crippen LogP contribution in [0.2, 0.25) is 0 Å². The lowest BCUT2D eigenvalue weighted by molar-refractivity contribution is -0.185. The highest BCUT2D eigenvalue weighted by Crippen LogP contribution is 2.69. The number of hydrogen-bond donors (Lipinski definition) is 0. The minimum atomic E-state index is -0.457. The SMILES string of the molecule is C/C=C1/CCC2C3C(CC[C@]12C)[C@@]1(C)CC[C@H](OC)CC1[C@H]1OC(C)(C)O[C@H]31. The van der Waals surface area contributed by atoms with Crippen molar-refractivity contribution in [1.29, 1.82) is 0 Å². The molecular weight excluding hydrogens is 348 g/mol. The summed E-state index contributed by atoms with van der Waals surface area (Å²) in [6, 6.07) is 0. The average molecular weight is 389 g/mol. The second-order valence-corrected chi connectivity index (χ2v) is 11.4. The Kier molecular flexibility index (Phi) is 4.41. The van der Waals surface area contributed by atoms with E-state index in [0.717, 1.165) is 18.3 Å². The van der Waals surface area contributed by atoms with Gasteiger partial charge in [-0.05, 0) is 100 Å². The van der Waals surface area contributed by atoms with Crippen LogP contribution < -0.4 is 0 Å². The molecular formula is C25H40O3. The van der Waals surface area contributed by atoms with E-state index in [4.69, 9.17) is 14.2 Å². The van der Waals surface area contributed by atoms with Crippen molar-refractivity contribution < 1.29 is 14.2 Å². The Balaban J connectivity index is 1.57. The zero-order valence-corrected chi connectivity index (χ0v) is 18.8. The molecule has 0 N–H and O–H groups in total. The topological polar surface area (TPSA) is 27.7 Å². The lowest BCUT2D eigenvalue weighted by Crippen LogP contribution is -2.63. The van der Waals surface area contributed by atoms with E-state index < -0.39 is 5.79 Å². The number of ether oxygens (including phenoxy) is 3. The highest BCUT2D eigenvalue weighted by Gasteiger charge is 2.67. The first kappa shape index (κ1) is 19.6. The maximum atomic E-state index is 6.72. The predicted molar refractivity (Wildman–Crippen MR) is 111 cm³/mol. The van der Waals surface area contributed by atoms with Crippen LogP contribution >= 0.6 is 0 Å². The number of rotatable bonds is 1. The van der Waals surface area contributed by atoms with Gasteiger partial charge >= 0.3 is 0 Å². The van der Waals surface area contributed by atoms with Gasteiger partial charge in [0.25, 0.3) is 0 Å². The molecule has 1 heterocycles. The molecule has 5 aliphatic rings. The molecule has 3 heteroatoms. The summed E-state index contributed by atoms with van der Waals surface area (Å²) in [4.78, 5) is 0. The Hall–Kier alpha value is -0.380. The maximum absolute atomic E-state index is 6.72. The van der Waals surface area contributed by atoms with Crippen molar-refractivity contribution in [2.24, 2.45) is 34.5 Å². The number of hydrogen-bond acceptors (Lipinski definition) is 3. The van der Waals surface area contributed by atoms with Crippen LogP contribution in [-0.2, 0) is 14.2 Å². The second kappa shape index (κ2) is 6.31. The van der Waals surface area contributed by atoms with E-state index in [-0.39, 0.29) is 12.2 Å². The summed E-state index contributed by atoms with van der Waals surface area (Å²) in [6.45, 7) is 11.7. The highest BCUT2D eigenvalue weighted by molar-refractivity contribution is 5.25. The molecule has 28 heavy (non-hydrogen) atoms. The van der Waals surface area contributed by atoms with Gasteiger partial charge in [-0.1, -0.05) is 25.5 Å². The van der Waals surface area contributed by atoms with Crippen molar-refractivity contribution in [3.8, 4) is 0 Å². The van der Waals surface area contributed by atoms with Gasteiger partial charge in [-0.3, -0.25) is 0 Å². The van der Waals surface area contributed by atoms with Gasteiger partial charge in [0, 0.05) is 7.11 Å². The van der Waals surface area contributed by atoms with Crippen molar-refractivity contribution in [2.45, 2.75) is 104 Å². The van der Waals surface area contributed by atoms with E-state index in [1.807, 2.05) is 7.11 Å². The largest absolute Gasteiger partial charge is 0.381 e. The summed E-state index contributed by atoms with van der Waals surface area (Å²) in [5.41, 5.74) is 2.45. The zero-order chi connectivity index (χ0) is 19.9. The van der Waals surface area contributed by atoms with Crippen LogP contribution in [0.3, 0.4) is 0 Å². The van der Waals surface area contributed by atoms with Gasteiger partial charge < -0.3 is 14.2 Å². The van der Waals surface area contributed by atoms with Crippen LogP contribution in [0.5, 0.6) is 0 Å². The second-order valence-electron chi connectivity index (χ2n) is 11.4. The monoisotopic (exact) mass is 388 g/mol. The fourth-order valence-corrected chi connectivity index (χ4v) is 8.68. The lowest BCUT2D eigenvalue weighted by atomic mass is 9.43. The van der Waals surface area contributed by atoms with Gasteiger partial charge in [0.2, 0.25) is 0 Å². The molecule has 1 saturated heterocycles. The van der Waals surface area contributed by atoms with Crippen molar-refractivity contribution in [3.63, 3.8) is 0 Å². The maximum Gasteiger partial charge on any atom is 0.163 e. The lowest BCUT2D eigenvalue weighted by Gasteiger charge is -2.63. The Bertz CT molecular complexity index is 669. The van der Waals surface area contributed by atoms with E-state index >= 15 is 0 Å². The minimum absolute atomic E-state index is 0.233.